The molecule has 0 atom stereocenters. The van der Waals surface area contributed by atoms with Crippen molar-refractivity contribution >= 4 is 33.1 Å². The Balaban J connectivity index is 1.16. The van der Waals surface area contributed by atoms with Crippen LogP contribution in [0.1, 0.15) is 45.2 Å². The smallest absolute Gasteiger partial charge is 0.259 e. The van der Waals surface area contributed by atoms with E-state index < -0.39 is 0 Å². The van der Waals surface area contributed by atoms with Crippen molar-refractivity contribution in [2.75, 3.05) is 26.2 Å². The summed E-state index contributed by atoms with van der Waals surface area (Å²) in [7, 11) is 0. The van der Waals surface area contributed by atoms with Gasteiger partial charge in [-0.25, -0.2) is 14.5 Å². The van der Waals surface area contributed by atoms with E-state index >= 15 is 0 Å². The lowest BCUT2D eigenvalue weighted by molar-refractivity contribution is 0.0626. The van der Waals surface area contributed by atoms with E-state index in [9.17, 15) is 9.59 Å². The van der Waals surface area contributed by atoms with Crippen LogP contribution in [-0.2, 0) is 19.4 Å². The number of aryl methyl sites for hydroxylation is 3. The number of fused-ring (bicyclic) bond motifs is 4. The summed E-state index contributed by atoms with van der Waals surface area (Å²) in [5.41, 5.74) is 3.05. The molecule has 9 nitrogen and oxygen atoms in total. The van der Waals surface area contributed by atoms with Crippen LogP contribution < -0.4 is 5.56 Å². The first-order chi connectivity index (χ1) is 16.1. The highest BCUT2D eigenvalue weighted by molar-refractivity contribution is 7.18. The number of hydrogen-bond acceptors (Lipinski definition) is 7. The van der Waals surface area contributed by atoms with Crippen molar-refractivity contribution in [3.63, 3.8) is 0 Å². The molecule has 4 aromatic heterocycles. The van der Waals surface area contributed by atoms with E-state index in [2.05, 4.69) is 20.0 Å². The Hall–Kier alpha value is -3.11. The fraction of sp³-hybridized carbons (Fsp3) is 0.435. The summed E-state index contributed by atoms with van der Waals surface area (Å²) >= 11 is 1.68. The molecule has 1 fully saturated rings. The minimum Gasteiger partial charge on any atom is -0.336 e. The Kier molecular flexibility index (Phi) is 4.99. The molecule has 33 heavy (non-hydrogen) atoms. The van der Waals surface area contributed by atoms with Crippen LogP contribution in [-0.4, -0.2) is 66.5 Å². The molecule has 4 aromatic rings. The van der Waals surface area contributed by atoms with Crippen molar-refractivity contribution in [1.82, 2.24) is 34.4 Å². The van der Waals surface area contributed by atoms with Crippen LogP contribution in [0.15, 0.2) is 23.3 Å². The number of carbonyl (C=O) groups excluding carboxylic acids is 1. The van der Waals surface area contributed by atoms with Gasteiger partial charge in [-0.2, -0.15) is 5.10 Å². The standard InChI is InChI=1S/C23H25N7O2S/c1-14-18(20-24-7-4-8-30(20)27-14)23(32)29-11-9-28(10-12-29)13-17-25-21(31)19-15-5-2-3-6-16(15)33-22(19)26-17/h4,7-8H,2-3,5-6,9-13H2,1H3,(H,25,26,31). The minimum atomic E-state index is -0.0297. The van der Waals surface area contributed by atoms with Gasteiger partial charge >= 0.3 is 0 Å². The van der Waals surface area contributed by atoms with E-state index in [1.165, 1.54) is 16.9 Å². The third-order valence-corrected chi connectivity index (χ3v) is 7.88. The second-order valence-corrected chi connectivity index (χ2v) is 9.90. The first kappa shape index (κ1) is 20.5. The number of nitrogens with zero attached hydrogens (tertiary/aromatic N) is 6. The van der Waals surface area contributed by atoms with Crippen molar-refractivity contribution in [2.45, 2.75) is 39.2 Å². The topological polar surface area (TPSA) is 99.5 Å². The summed E-state index contributed by atoms with van der Waals surface area (Å²) < 4.78 is 1.65. The maximum Gasteiger partial charge on any atom is 0.259 e. The molecular formula is C23H25N7O2S. The molecule has 0 bridgehead atoms. The van der Waals surface area contributed by atoms with Gasteiger partial charge in [-0.05, 0) is 44.2 Å². The summed E-state index contributed by atoms with van der Waals surface area (Å²) in [6, 6.07) is 1.80. The lowest BCUT2D eigenvalue weighted by atomic mass is 9.97. The lowest BCUT2D eigenvalue weighted by Crippen LogP contribution is -2.48. The van der Waals surface area contributed by atoms with Gasteiger partial charge in [0.15, 0.2) is 5.65 Å². The van der Waals surface area contributed by atoms with Gasteiger partial charge in [-0.3, -0.25) is 14.5 Å². The van der Waals surface area contributed by atoms with Gasteiger partial charge < -0.3 is 9.88 Å². The van der Waals surface area contributed by atoms with Crippen LogP contribution in [0.4, 0.5) is 0 Å². The number of piperazine rings is 1. The fourth-order valence-electron chi connectivity index (χ4n) is 5.01. The predicted molar refractivity (Wildman–Crippen MR) is 126 cm³/mol. The quantitative estimate of drug-likeness (QED) is 0.500. The first-order valence-corrected chi connectivity index (χ1v) is 12.2. The largest absolute Gasteiger partial charge is 0.336 e. The van der Waals surface area contributed by atoms with E-state index in [-0.39, 0.29) is 11.5 Å². The number of aromatic nitrogens is 5. The Morgan fingerprint density at radius 3 is 2.85 bits per heavy atom. The number of carbonyl (C=O) groups is 1. The molecule has 1 aliphatic heterocycles. The highest BCUT2D eigenvalue weighted by Crippen LogP contribution is 2.33. The maximum absolute atomic E-state index is 13.2. The number of H-pyrrole nitrogens is 1. The van der Waals surface area contributed by atoms with Crippen molar-refractivity contribution in [3.05, 3.63) is 56.3 Å². The molecule has 10 heteroatoms. The number of nitrogens with one attached hydrogen (secondary N) is 1. The zero-order valence-corrected chi connectivity index (χ0v) is 19.3. The van der Waals surface area contributed by atoms with Crippen LogP contribution in [0.3, 0.4) is 0 Å². The summed E-state index contributed by atoms with van der Waals surface area (Å²) in [6.45, 7) is 5.09. The van der Waals surface area contributed by atoms with Crippen molar-refractivity contribution in [3.8, 4) is 0 Å². The molecule has 1 saturated heterocycles. The molecule has 0 spiro atoms. The Morgan fingerprint density at radius 2 is 2.00 bits per heavy atom. The third kappa shape index (κ3) is 3.53. The van der Waals surface area contributed by atoms with E-state index in [4.69, 9.17) is 4.98 Å². The molecule has 1 N–H and O–H groups in total. The molecule has 0 aromatic carbocycles. The van der Waals surface area contributed by atoms with Crippen LogP contribution in [0, 0.1) is 6.92 Å². The van der Waals surface area contributed by atoms with E-state index in [0.29, 0.717) is 42.4 Å². The van der Waals surface area contributed by atoms with Crippen LogP contribution in [0.25, 0.3) is 15.9 Å². The highest BCUT2D eigenvalue weighted by Gasteiger charge is 2.27. The van der Waals surface area contributed by atoms with Gasteiger partial charge in [0, 0.05) is 43.4 Å². The number of hydrogen-bond donors (Lipinski definition) is 1. The van der Waals surface area contributed by atoms with Crippen LogP contribution in [0.5, 0.6) is 0 Å². The molecule has 0 saturated carbocycles. The van der Waals surface area contributed by atoms with Gasteiger partial charge in [0.05, 0.1) is 17.6 Å². The Bertz CT molecular complexity index is 1430. The first-order valence-electron chi connectivity index (χ1n) is 11.4. The normalized spacial score (nSPS) is 17.1. The van der Waals surface area contributed by atoms with E-state index in [0.717, 1.165) is 42.6 Å². The molecule has 1 amide bonds. The van der Waals surface area contributed by atoms with Crippen molar-refractivity contribution in [2.24, 2.45) is 0 Å². The van der Waals surface area contributed by atoms with Crippen LogP contribution >= 0.6 is 11.3 Å². The third-order valence-electron chi connectivity index (χ3n) is 6.69. The Morgan fingerprint density at radius 1 is 1.18 bits per heavy atom. The van der Waals surface area contributed by atoms with Gasteiger partial charge in [-0.1, -0.05) is 0 Å². The summed E-state index contributed by atoms with van der Waals surface area (Å²) in [5, 5.41) is 5.21. The number of rotatable bonds is 3. The maximum atomic E-state index is 13.2. The van der Waals surface area contributed by atoms with Crippen LogP contribution in [0.2, 0.25) is 0 Å². The zero-order chi connectivity index (χ0) is 22.5. The molecule has 2 aliphatic rings. The van der Waals surface area contributed by atoms with Crippen molar-refractivity contribution < 1.29 is 4.79 Å². The molecule has 1 aliphatic carbocycles. The second kappa shape index (κ2) is 8.03. The van der Waals surface area contributed by atoms with Gasteiger partial charge in [0.1, 0.15) is 16.2 Å². The SMILES string of the molecule is Cc1nn2cccnc2c1C(=O)N1CCN(Cc2nc3sc4c(c3c(=O)[nH]2)CCCC4)CC1. The van der Waals surface area contributed by atoms with Crippen molar-refractivity contribution in [1.29, 1.82) is 0 Å². The molecule has 6 rings (SSSR count). The molecular weight excluding hydrogens is 438 g/mol. The monoisotopic (exact) mass is 463 g/mol. The number of thiophene rings is 1. The second-order valence-electron chi connectivity index (χ2n) is 8.82. The van der Waals surface area contributed by atoms with Gasteiger partial charge in [-0.15, -0.1) is 11.3 Å². The average Bonchev–Trinajstić information content (AvgIpc) is 3.36. The Labute approximate surface area is 194 Å². The summed E-state index contributed by atoms with van der Waals surface area (Å²) in [6.07, 6.45) is 7.87. The highest BCUT2D eigenvalue weighted by atomic mass is 32.1. The van der Waals surface area contributed by atoms with E-state index in [1.54, 1.807) is 34.3 Å². The average molecular weight is 464 g/mol. The fourth-order valence-corrected chi connectivity index (χ4v) is 6.29. The summed E-state index contributed by atoms with van der Waals surface area (Å²) in [4.78, 5) is 44.5. The predicted octanol–water partition coefficient (Wildman–Crippen LogP) is 2.17. The van der Waals surface area contributed by atoms with E-state index in [1.807, 2.05) is 11.8 Å². The van der Waals surface area contributed by atoms with Gasteiger partial charge in [0.2, 0.25) is 0 Å². The molecule has 0 radical (unpaired) electrons. The van der Waals surface area contributed by atoms with Gasteiger partial charge in [0.25, 0.3) is 11.5 Å². The number of amides is 1. The molecule has 5 heterocycles. The number of aromatic amines is 1. The molecule has 0 unspecified atom stereocenters. The lowest BCUT2D eigenvalue weighted by Gasteiger charge is -2.34. The minimum absolute atomic E-state index is 0.0146. The summed E-state index contributed by atoms with van der Waals surface area (Å²) in [5.74, 6) is 0.673. The molecule has 170 valence electrons. The zero-order valence-electron chi connectivity index (χ0n) is 18.5.